The summed E-state index contributed by atoms with van der Waals surface area (Å²) in [7, 11) is 0. The summed E-state index contributed by atoms with van der Waals surface area (Å²) in [5.74, 6) is -0.0656. The Balaban J connectivity index is 1.35. The van der Waals surface area contributed by atoms with E-state index in [0.29, 0.717) is 29.2 Å². The van der Waals surface area contributed by atoms with Gasteiger partial charge in [-0.1, -0.05) is 24.3 Å². The van der Waals surface area contributed by atoms with Gasteiger partial charge >= 0.3 is 5.97 Å². The summed E-state index contributed by atoms with van der Waals surface area (Å²) >= 11 is 0. The molecule has 0 aromatic heterocycles. The molecule has 170 valence electrons. The maximum Gasteiger partial charge on any atom is 0.343 e. The number of benzene rings is 4. The fourth-order valence-electron chi connectivity index (χ4n) is 3.28. The third-order valence-electron chi connectivity index (χ3n) is 4.98. The van der Waals surface area contributed by atoms with Crippen molar-refractivity contribution in [3.8, 4) is 17.2 Å². The predicted molar refractivity (Wildman–Crippen MR) is 130 cm³/mol. The van der Waals surface area contributed by atoms with Crippen LogP contribution in [0.5, 0.6) is 17.2 Å². The van der Waals surface area contributed by atoms with Gasteiger partial charge in [0, 0.05) is 0 Å². The molecule has 0 aliphatic rings. The number of carbonyl (C=O) groups excluding carboxylic acids is 2. The van der Waals surface area contributed by atoms with Gasteiger partial charge in [0.1, 0.15) is 17.2 Å². The lowest BCUT2D eigenvalue weighted by molar-refractivity contribution is 0.0734. The van der Waals surface area contributed by atoms with Gasteiger partial charge in [0.25, 0.3) is 5.91 Å². The van der Waals surface area contributed by atoms with E-state index in [1.54, 1.807) is 60.7 Å². The summed E-state index contributed by atoms with van der Waals surface area (Å²) in [6, 6.07) is 24.0. The second-order valence-electron chi connectivity index (χ2n) is 7.33. The van der Waals surface area contributed by atoms with Crippen LogP contribution in [0.1, 0.15) is 33.2 Å². The number of hydrogen-bond acceptors (Lipinski definition) is 6. The molecule has 0 unspecified atom stereocenters. The number of hydrazone groups is 1. The molecule has 0 fully saturated rings. The maximum atomic E-state index is 12.4. The summed E-state index contributed by atoms with van der Waals surface area (Å²) in [6.07, 6.45) is 1.45. The van der Waals surface area contributed by atoms with Crippen LogP contribution in [0, 0.1) is 0 Å². The summed E-state index contributed by atoms with van der Waals surface area (Å²) < 4.78 is 10.7. The highest BCUT2D eigenvalue weighted by Gasteiger charge is 2.12. The predicted octanol–water partition coefficient (Wildman–Crippen LogP) is 4.93. The van der Waals surface area contributed by atoms with E-state index >= 15 is 0 Å². The lowest BCUT2D eigenvalue weighted by Crippen LogP contribution is -2.17. The van der Waals surface area contributed by atoms with Crippen LogP contribution in [0.3, 0.4) is 0 Å². The van der Waals surface area contributed by atoms with Crippen LogP contribution in [-0.4, -0.2) is 29.8 Å². The van der Waals surface area contributed by atoms with E-state index in [1.165, 1.54) is 6.21 Å². The molecule has 0 bridgehead atoms. The summed E-state index contributed by atoms with van der Waals surface area (Å²) in [6.45, 7) is 2.44. The number of esters is 1. The number of rotatable bonds is 7. The minimum absolute atomic E-state index is 0.120. The highest BCUT2D eigenvalue weighted by atomic mass is 16.5. The zero-order valence-electron chi connectivity index (χ0n) is 18.4. The molecule has 0 aliphatic carbocycles. The molecule has 1 amide bonds. The van der Waals surface area contributed by atoms with Crippen LogP contribution >= 0.6 is 0 Å². The Kier molecular flexibility index (Phi) is 6.84. The highest BCUT2D eigenvalue weighted by molar-refractivity contribution is 6.01. The fraction of sp³-hybridized carbons (Fsp3) is 0.0741. The lowest BCUT2D eigenvalue weighted by atomic mass is 10.1. The van der Waals surface area contributed by atoms with Crippen molar-refractivity contribution in [1.82, 2.24) is 5.43 Å². The van der Waals surface area contributed by atoms with Gasteiger partial charge in [0.2, 0.25) is 0 Å². The fourth-order valence-corrected chi connectivity index (χ4v) is 3.28. The molecule has 34 heavy (non-hydrogen) atoms. The minimum atomic E-state index is -0.527. The number of phenolic OH excluding ortho intramolecular Hbond substituents is 1. The number of nitrogens with zero attached hydrogens (tertiary/aromatic N) is 1. The van der Waals surface area contributed by atoms with E-state index in [2.05, 4.69) is 10.5 Å². The Morgan fingerprint density at radius 2 is 1.56 bits per heavy atom. The van der Waals surface area contributed by atoms with Crippen LogP contribution in [0.4, 0.5) is 0 Å². The number of carbonyl (C=O) groups is 2. The topological polar surface area (TPSA) is 97.2 Å². The number of ether oxygens (including phenoxy) is 2. The Morgan fingerprint density at radius 1 is 0.912 bits per heavy atom. The zero-order valence-corrected chi connectivity index (χ0v) is 18.4. The average molecular weight is 454 g/mol. The minimum Gasteiger partial charge on any atom is -0.507 e. The van der Waals surface area contributed by atoms with E-state index in [9.17, 15) is 14.7 Å². The van der Waals surface area contributed by atoms with Crippen LogP contribution < -0.4 is 14.9 Å². The number of phenols is 1. The molecule has 0 saturated carbocycles. The number of aromatic hydroxyl groups is 1. The molecule has 4 aromatic rings. The van der Waals surface area contributed by atoms with Gasteiger partial charge in [0.05, 0.1) is 23.9 Å². The van der Waals surface area contributed by atoms with Gasteiger partial charge in [-0.3, -0.25) is 4.79 Å². The standard InChI is InChI=1S/C27H22N2O5/c1-2-33-22-13-9-19(10-14-22)27(32)34-23-11-7-18(8-12-23)17-28-29-26(31)24-15-20-5-3-4-6-21(20)16-25(24)30/h3-17,30H,2H2,1H3,(H,29,31). The van der Waals surface area contributed by atoms with Crippen molar-refractivity contribution in [2.75, 3.05) is 6.61 Å². The Hall–Kier alpha value is -4.65. The second kappa shape index (κ2) is 10.3. The second-order valence-corrected chi connectivity index (χ2v) is 7.33. The number of amides is 1. The molecule has 0 spiro atoms. The highest BCUT2D eigenvalue weighted by Crippen LogP contribution is 2.25. The molecule has 0 radical (unpaired) electrons. The van der Waals surface area contributed by atoms with E-state index in [-0.39, 0.29) is 11.3 Å². The Labute approximate surface area is 196 Å². The van der Waals surface area contributed by atoms with Crippen molar-refractivity contribution >= 4 is 28.9 Å². The summed E-state index contributed by atoms with van der Waals surface area (Å²) in [5, 5.41) is 15.8. The molecule has 0 atom stereocenters. The van der Waals surface area contributed by atoms with Gasteiger partial charge in [-0.2, -0.15) is 5.10 Å². The van der Waals surface area contributed by atoms with Crippen molar-refractivity contribution in [3.05, 3.63) is 102 Å². The van der Waals surface area contributed by atoms with Gasteiger partial charge in [-0.05, 0) is 83.9 Å². The molecular weight excluding hydrogens is 432 g/mol. The van der Waals surface area contributed by atoms with Crippen LogP contribution in [0.2, 0.25) is 0 Å². The average Bonchev–Trinajstić information content (AvgIpc) is 2.85. The third kappa shape index (κ3) is 5.39. The summed E-state index contributed by atoms with van der Waals surface area (Å²) in [5.41, 5.74) is 3.64. The summed E-state index contributed by atoms with van der Waals surface area (Å²) in [4.78, 5) is 24.7. The Morgan fingerprint density at radius 3 is 2.24 bits per heavy atom. The number of hydrogen-bond donors (Lipinski definition) is 2. The zero-order chi connectivity index (χ0) is 23.9. The molecule has 7 nitrogen and oxygen atoms in total. The normalized spacial score (nSPS) is 10.9. The molecule has 4 rings (SSSR count). The van der Waals surface area contributed by atoms with Crippen LogP contribution in [0.25, 0.3) is 10.8 Å². The molecule has 0 saturated heterocycles. The van der Waals surface area contributed by atoms with E-state index in [1.807, 2.05) is 31.2 Å². The lowest BCUT2D eigenvalue weighted by Gasteiger charge is -2.06. The first kappa shape index (κ1) is 22.5. The van der Waals surface area contributed by atoms with Crippen molar-refractivity contribution in [1.29, 1.82) is 0 Å². The van der Waals surface area contributed by atoms with Crippen molar-refractivity contribution in [2.24, 2.45) is 5.10 Å². The van der Waals surface area contributed by atoms with Crippen LogP contribution in [-0.2, 0) is 0 Å². The quantitative estimate of drug-likeness (QED) is 0.179. The molecule has 4 aromatic carbocycles. The van der Waals surface area contributed by atoms with Gasteiger partial charge in [-0.15, -0.1) is 0 Å². The van der Waals surface area contributed by atoms with Crippen molar-refractivity contribution in [2.45, 2.75) is 6.92 Å². The third-order valence-corrected chi connectivity index (χ3v) is 4.98. The molecular formula is C27H22N2O5. The number of fused-ring (bicyclic) bond motifs is 1. The van der Waals surface area contributed by atoms with Crippen molar-refractivity contribution < 1.29 is 24.2 Å². The van der Waals surface area contributed by atoms with E-state index < -0.39 is 11.9 Å². The van der Waals surface area contributed by atoms with E-state index in [4.69, 9.17) is 9.47 Å². The smallest absolute Gasteiger partial charge is 0.343 e. The molecule has 0 aliphatic heterocycles. The maximum absolute atomic E-state index is 12.4. The SMILES string of the molecule is CCOc1ccc(C(=O)Oc2ccc(C=NNC(=O)c3cc4ccccc4cc3O)cc2)cc1. The first-order valence-electron chi connectivity index (χ1n) is 10.6. The first-order valence-corrected chi connectivity index (χ1v) is 10.6. The van der Waals surface area contributed by atoms with Gasteiger partial charge in [-0.25, -0.2) is 10.2 Å². The first-order chi connectivity index (χ1) is 16.5. The molecule has 7 heteroatoms. The largest absolute Gasteiger partial charge is 0.507 e. The van der Waals surface area contributed by atoms with Crippen molar-refractivity contribution in [3.63, 3.8) is 0 Å². The number of nitrogens with one attached hydrogen (secondary N) is 1. The monoisotopic (exact) mass is 454 g/mol. The molecule has 0 heterocycles. The van der Waals surface area contributed by atoms with E-state index in [0.717, 1.165) is 10.8 Å². The van der Waals surface area contributed by atoms with Gasteiger partial charge < -0.3 is 14.6 Å². The van der Waals surface area contributed by atoms with Crippen LogP contribution in [0.15, 0.2) is 90.0 Å². The van der Waals surface area contributed by atoms with Gasteiger partial charge in [0.15, 0.2) is 0 Å². The molecule has 2 N–H and O–H groups in total. The Bertz CT molecular complexity index is 1350.